The van der Waals surface area contributed by atoms with Gasteiger partial charge in [-0.3, -0.25) is 9.78 Å². The normalized spacial score (nSPS) is 18.6. The zero-order chi connectivity index (χ0) is 14.9. The van der Waals surface area contributed by atoms with Crippen LogP contribution >= 0.6 is 0 Å². The van der Waals surface area contributed by atoms with Crippen LogP contribution in [-0.2, 0) is 4.79 Å². The molecule has 1 aliphatic carbocycles. The standard InChI is InChI=1S/C15H15F2N3O/c16-15(17)7-5-10(6-8-15)14(21)20-13-9-18-11-3-1-2-4-12(11)19-13/h1-4,9-10H,5-8H2,(H,19,20,21). The van der Waals surface area contributed by atoms with E-state index in [-0.39, 0.29) is 37.5 Å². The van der Waals surface area contributed by atoms with Gasteiger partial charge < -0.3 is 5.32 Å². The highest BCUT2D eigenvalue weighted by atomic mass is 19.3. The molecule has 0 unspecified atom stereocenters. The maximum Gasteiger partial charge on any atom is 0.248 e. The molecule has 1 fully saturated rings. The molecule has 1 aromatic heterocycles. The molecule has 1 aliphatic rings. The summed E-state index contributed by atoms with van der Waals surface area (Å²) in [6, 6.07) is 7.33. The summed E-state index contributed by atoms with van der Waals surface area (Å²) >= 11 is 0. The van der Waals surface area contributed by atoms with E-state index in [1.54, 1.807) is 6.07 Å². The second kappa shape index (κ2) is 5.35. The first kappa shape index (κ1) is 13.9. The van der Waals surface area contributed by atoms with E-state index in [9.17, 15) is 13.6 Å². The maximum atomic E-state index is 13.1. The Morgan fingerprint density at radius 2 is 1.86 bits per heavy atom. The number of aromatic nitrogens is 2. The predicted molar refractivity (Wildman–Crippen MR) is 75.1 cm³/mol. The number of carbonyl (C=O) groups excluding carboxylic acids is 1. The second-order valence-electron chi connectivity index (χ2n) is 5.36. The molecule has 4 nitrogen and oxygen atoms in total. The molecule has 0 aliphatic heterocycles. The number of alkyl halides is 2. The van der Waals surface area contributed by atoms with Crippen LogP contribution in [0.5, 0.6) is 0 Å². The van der Waals surface area contributed by atoms with Crippen molar-refractivity contribution < 1.29 is 13.6 Å². The molecule has 1 N–H and O–H groups in total. The largest absolute Gasteiger partial charge is 0.309 e. The van der Waals surface area contributed by atoms with Crippen LogP contribution in [0.2, 0.25) is 0 Å². The van der Waals surface area contributed by atoms with Crippen molar-refractivity contribution in [2.45, 2.75) is 31.6 Å². The molecular formula is C15H15F2N3O. The Labute approximate surface area is 120 Å². The second-order valence-corrected chi connectivity index (χ2v) is 5.36. The lowest BCUT2D eigenvalue weighted by molar-refractivity contribution is -0.124. The van der Waals surface area contributed by atoms with Crippen molar-refractivity contribution in [2.24, 2.45) is 5.92 Å². The van der Waals surface area contributed by atoms with E-state index in [4.69, 9.17) is 0 Å². The Morgan fingerprint density at radius 3 is 2.57 bits per heavy atom. The summed E-state index contributed by atoms with van der Waals surface area (Å²) in [4.78, 5) is 20.6. The van der Waals surface area contributed by atoms with Gasteiger partial charge >= 0.3 is 0 Å². The fourth-order valence-corrected chi connectivity index (χ4v) is 2.55. The number of para-hydroxylation sites is 2. The topological polar surface area (TPSA) is 54.9 Å². The number of fused-ring (bicyclic) bond motifs is 1. The Balaban J connectivity index is 1.69. The average Bonchev–Trinajstić information content (AvgIpc) is 2.47. The monoisotopic (exact) mass is 291 g/mol. The van der Waals surface area contributed by atoms with Gasteiger partial charge in [-0.15, -0.1) is 0 Å². The van der Waals surface area contributed by atoms with E-state index in [0.717, 1.165) is 5.52 Å². The lowest BCUT2D eigenvalue weighted by Gasteiger charge is -2.27. The zero-order valence-electron chi connectivity index (χ0n) is 11.4. The van der Waals surface area contributed by atoms with Crippen LogP contribution in [0.15, 0.2) is 30.5 Å². The van der Waals surface area contributed by atoms with Crippen LogP contribution < -0.4 is 5.32 Å². The van der Waals surface area contributed by atoms with Gasteiger partial charge in [0.15, 0.2) is 5.82 Å². The van der Waals surface area contributed by atoms with E-state index in [2.05, 4.69) is 15.3 Å². The summed E-state index contributed by atoms with van der Waals surface area (Å²) < 4.78 is 26.2. The van der Waals surface area contributed by atoms with Crippen LogP contribution in [0.1, 0.15) is 25.7 Å². The third kappa shape index (κ3) is 3.15. The summed E-state index contributed by atoms with van der Waals surface area (Å²) in [5, 5.41) is 2.67. The molecular weight excluding hydrogens is 276 g/mol. The summed E-state index contributed by atoms with van der Waals surface area (Å²) in [5.74, 6) is -2.90. The van der Waals surface area contributed by atoms with E-state index in [1.807, 2.05) is 18.2 Å². The predicted octanol–water partition coefficient (Wildman–Crippen LogP) is 3.39. The summed E-state index contributed by atoms with van der Waals surface area (Å²) in [5.41, 5.74) is 1.43. The van der Waals surface area contributed by atoms with Crippen molar-refractivity contribution in [1.29, 1.82) is 0 Å². The SMILES string of the molecule is O=C(Nc1cnc2ccccc2n1)C1CCC(F)(F)CC1. The molecule has 0 saturated heterocycles. The fourth-order valence-electron chi connectivity index (χ4n) is 2.55. The number of carbonyl (C=O) groups is 1. The van der Waals surface area contributed by atoms with Gasteiger partial charge in [-0.25, -0.2) is 13.8 Å². The molecule has 1 aromatic carbocycles. The van der Waals surface area contributed by atoms with Crippen molar-refractivity contribution in [3.8, 4) is 0 Å². The molecule has 0 radical (unpaired) electrons. The number of hydrogen-bond acceptors (Lipinski definition) is 3. The van der Waals surface area contributed by atoms with Crippen LogP contribution in [0.4, 0.5) is 14.6 Å². The molecule has 2 aromatic rings. The van der Waals surface area contributed by atoms with Gasteiger partial charge in [0.25, 0.3) is 0 Å². The lowest BCUT2D eigenvalue weighted by atomic mass is 9.86. The summed E-state index contributed by atoms with van der Waals surface area (Å²) in [6.45, 7) is 0. The van der Waals surface area contributed by atoms with Gasteiger partial charge in [0, 0.05) is 18.8 Å². The Morgan fingerprint density at radius 1 is 1.19 bits per heavy atom. The van der Waals surface area contributed by atoms with Crippen molar-refractivity contribution >= 4 is 22.8 Å². The molecule has 110 valence electrons. The number of anilines is 1. The van der Waals surface area contributed by atoms with Gasteiger partial charge in [0.1, 0.15) is 0 Å². The van der Waals surface area contributed by atoms with E-state index >= 15 is 0 Å². The highest BCUT2D eigenvalue weighted by Crippen LogP contribution is 2.36. The number of amides is 1. The first-order valence-electron chi connectivity index (χ1n) is 6.94. The van der Waals surface area contributed by atoms with E-state index in [1.165, 1.54) is 6.20 Å². The third-order valence-corrected chi connectivity index (χ3v) is 3.79. The van der Waals surface area contributed by atoms with Gasteiger partial charge in [-0.05, 0) is 25.0 Å². The highest BCUT2D eigenvalue weighted by Gasteiger charge is 2.37. The molecule has 0 atom stereocenters. The third-order valence-electron chi connectivity index (χ3n) is 3.79. The van der Waals surface area contributed by atoms with Gasteiger partial charge in [0.05, 0.1) is 17.2 Å². The van der Waals surface area contributed by atoms with Crippen molar-refractivity contribution in [3.63, 3.8) is 0 Å². The summed E-state index contributed by atoms with van der Waals surface area (Å²) in [6.07, 6.45) is 1.44. The minimum Gasteiger partial charge on any atom is -0.309 e. The quantitative estimate of drug-likeness (QED) is 0.922. The van der Waals surface area contributed by atoms with Crippen LogP contribution in [0.3, 0.4) is 0 Å². The van der Waals surface area contributed by atoms with Crippen LogP contribution in [0, 0.1) is 5.92 Å². The minimum absolute atomic E-state index is 0.208. The number of halogens is 2. The Kier molecular flexibility index (Phi) is 3.53. The van der Waals surface area contributed by atoms with E-state index in [0.29, 0.717) is 11.3 Å². The Hall–Kier alpha value is -2.11. The number of nitrogens with one attached hydrogen (secondary N) is 1. The van der Waals surface area contributed by atoms with Crippen LogP contribution in [0.25, 0.3) is 11.0 Å². The van der Waals surface area contributed by atoms with Gasteiger partial charge in [-0.1, -0.05) is 12.1 Å². The number of benzene rings is 1. The van der Waals surface area contributed by atoms with Gasteiger partial charge in [-0.2, -0.15) is 0 Å². The molecule has 1 amide bonds. The van der Waals surface area contributed by atoms with Crippen molar-refractivity contribution in [2.75, 3.05) is 5.32 Å². The smallest absolute Gasteiger partial charge is 0.248 e. The van der Waals surface area contributed by atoms with Crippen molar-refractivity contribution in [3.05, 3.63) is 30.5 Å². The molecule has 3 rings (SSSR count). The minimum atomic E-state index is -2.63. The van der Waals surface area contributed by atoms with Gasteiger partial charge in [0.2, 0.25) is 11.8 Å². The number of rotatable bonds is 2. The molecule has 1 heterocycles. The number of nitrogens with zero attached hydrogens (tertiary/aromatic N) is 2. The molecule has 0 bridgehead atoms. The zero-order valence-corrected chi connectivity index (χ0v) is 11.4. The number of hydrogen-bond donors (Lipinski definition) is 1. The highest BCUT2D eigenvalue weighted by molar-refractivity contribution is 5.92. The van der Waals surface area contributed by atoms with E-state index < -0.39 is 5.92 Å². The molecule has 1 saturated carbocycles. The molecule has 21 heavy (non-hydrogen) atoms. The fraction of sp³-hybridized carbons (Fsp3) is 0.400. The lowest BCUT2D eigenvalue weighted by Crippen LogP contribution is -2.32. The first-order valence-corrected chi connectivity index (χ1v) is 6.94. The average molecular weight is 291 g/mol. The first-order chi connectivity index (χ1) is 10.0. The molecule has 6 heteroatoms. The maximum absolute atomic E-state index is 13.1. The Bertz CT molecular complexity index is 665. The van der Waals surface area contributed by atoms with Crippen LogP contribution in [-0.4, -0.2) is 21.8 Å². The summed E-state index contributed by atoms with van der Waals surface area (Å²) in [7, 11) is 0. The molecule has 0 spiro atoms. The van der Waals surface area contributed by atoms with Crippen molar-refractivity contribution in [1.82, 2.24) is 9.97 Å².